The maximum atomic E-state index is 13.5. The largest absolute Gasteiger partial charge is 0.507 e. The highest BCUT2D eigenvalue weighted by Crippen LogP contribution is 2.33. The van der Waals surface area contributed by atoms with Crippen molar-refractivity contribution in [1.82, 2.24) is 24.9 Å². The van der Waals surface area contributed by atoms with Crippen LogP contribution in [0.2, 0.25) is 0 Å². The van der Waals surface area contributed by atoms with Gasteiger partial charge in [-0.1, -0.05) is 43.9 Å². The summed E-state index contributed by atoms with van der Waals surface area (Å²) < 4.78 is 0. The second-order valence-electron chi connectivity index (χ2n) is 10.8. The van der Waals surface area contributed by atoms with E-state index in [1.54, 1.807) is 6.07 Å². The fraction of sp³-hybridized carbons (Fsp3) is 0.500. The SMILES string of the molecule is CN1CCN(Cc2ccc3c(c2)CN(C(=O)c2cc4c(CC5CCCC5)n[nH]c4cc2O)C3)CC1. The van der Waals surface area contributed by atoms with Crippen LogP contribution in [0.3, 0.4) is 0 Å². The van der Waals surface area contributed by atoms with Gasteiger partial charge in [0.05, 0.1) is 16.8 Å². The minimum absolute atomic E-state index is 0.0188. The number of carbonyl (C=O) groups is 1. The Morgan fingerprint density at radius 1 is 1.06 bits per heavy atom. The summed E-state index contributed by atoms with van der Waals surface area (Å²) in [5, 5.41) is 19.2. The molecule has 7 heteroatoms. The molecular weight excluding hydrogens is 438 g/mol. The van der Waals surface area contributed by atoms with Crippen molar-refractivity contribution in [2.45, 2.75) is 51.7 Å². The predicted molar refractivity (Wildman–Crippen MR) is 136 cm³/mol. The molecule has 184 valence electrons. The van der Waals surface area contributed by atoms with Gasteiger partial charge in [0.15, 0.2) is 0 Å². The number of likely N-dealkylation sites (N-methyl/N-ethyl adjacent to an activating group) is 1. The van der Waals surface area contributed by atoms with E-state index in [2.05, 4.69) is 45.2 Å². The van der Waals surface area contributed by atoms with Crippen LogP contribution in [0.4, 0.5) is 0 Å². The third-order valence-corrected chi connectivity index (χ3v) is 8.23. The number of aromatic nitrogens is 2. The molecule has 1 aromatic heterocycles. The summed E-state index contributed by atoms with van der Waals surface area (Å²) in [4.78, 5) is 20.2. The topological polar surface area (TPSA) is 75.7 Å². The maximum Gasteiger partial charge on any atom is 0.258 e. The molecule has 2 N–H and O–H groups in total. The number of amides is 1. The molecule has 3 heterocycles. The molecule has 0 unspecified atom stereocenters. The van der Waals surface area contributed by atoms with E-state index in [0.717, 1.165) is 55.7 Å². The average Bonchev–Trinajstić information content (AvgIpc) is 3.60. The van der Waals surface area contributed by atoms with Gasteiger partial charge in [0.25, 0.3) is 5.91 Å². The predicted octanol–water partition coefficient (Wildman–Crippen LogP) is 3.90. The molecule has 6 rings (SSSR count). The van der Waals surface area contributed by atoms with Crippen molar-refractivity contribution in [2.24, 2.45) is 5.92 Å². The Morgan fingerprint density at radius 3 is 2.63 bits per heavy atom. The number of hydrogen-bond acceptors (Lipinski definition) is 5. The number of hydrogen-bond donors (Lipinski definition) is 2. The number of phenolic OH excluding ortho intramolecular Hbond substituents is 1. The fourth-order valence-corrected chi connectivity index (χ4v) is 6.05. The molecule has 0 spiro atoms. The van der Waals surface area contributed by atoms with Gasteiger partial charge in [-0.2, -0.15) is 5.10 Å². The zero-order valence-electron chi connectivity index (χ0n) is 20.6. The molecule has 2 aliphatic heterocycles. The first-order valence-corrected chi connectivity index (χ1v) is 13.0. The van der Waals surface area contributed by atoms with E-state index in [0.29, 0.717) is 24.6 Å². The molecule has 2 aromatic carbocycles. The smallest absolute Gasteiger partial charge is 0.258 e. The van der Waals surface area contributed by atoms with E-state index in [9.17, 15) is 9.90 Å². The molecule has 3 aliphatic rings. The van der Waals surface area contributed by atoms with Crippen LogP contribution in [0.1, 0.15) is 58.4 Å². The van der Waals surface area contributed by atoms with Crippen molar-refractivity contribution in [3.05, 3.63) is 58.3 Å². The summed E-state index contributed by atoms with van der Waals surface area (Å²) in [7, 11) is 2.18. The van der Waals surface area contributed by atoms with Crippen molar-refractivity contribution in [3.63, 3.8) is 0 Å². The summed E-state index contributed by atoms with van der Waals surface area (Å²) >= 11 is 0. The second-order valence-corrected chi connectivity index (χ2v) is 10.8. The molecule has 1 aliphatic carbocycles. The van der Waals surface area contributed by atoms with Crippen molar-refractivity contribution in [1.29, 1.82) is 0 Å². The number of benzene rings is 2. The van der Waals surface area contributed by atoms with Gasteiger partial charge < -0.3 is 14.9 Å². The van der Waals surface area contributed by atoms with Gasteiger partial charge in [-0.05, 0) is 42.1 Å². The first-order valence-electron chi connectivity index (χ1n) is 13.0. The Morgan fingerprint density at radius 2 is 1.83 bits per heavy atom. The number of nitrogens with zero attached hydrogens (tertiary/aromatic N) is 4. The summed E-state index contributed by atoms with van der Waals surface area (Å²) in [6.07, 6.45) is 6.03. The quantitative estimate of drug-likeness (QED) is 0.588. The lowest BCUT2D eigenvalue weighted by Gasteiger charge is -2.32. The number of phenols is 1. The molecule has 7 nitrogen and oxygen atoms in total. The zero-order valence-corrected chi connectivity index (χ0v) is 20.6. The Labute approximate surface area is 206 Å². The second kappa shape index (κ2) is 9.28. The molecule has 1 saturated heterocycles. The molecule has 0 atom stereocenters. The molecule has 35 heavy (non-hydrogen) atoms. The van der Waals surface area contributed by atoms with Gasteiger partial charge in [-0.25, -0.2) is 0 Å². The van der Waals surface area contributed by atoms with Crippen LogP contribution < -0.4 is 0 Å². The lowest BCUT2D eigenvalue weighted by atomic mass is 9.99. The van der Waals surface area contributed by atoms with E-state index < -0.39 is 0 Å². The fourth-order valence-electron chi connectivity index (χ4n) is 6.05. The molecule has 1 saturated carbocycles. The summed E-state index contributed by atoms with van der Waals surface area (Å²) in [6.45, 7) is 6.54. The van der Waals surface area contributed by atoms with Crippen LogP contribution in [0.25, 0.3) is 10.9 Å². The van der Waals surface area contributed by atoms with Gasteiger partial charge in [0, 0.05) is 57.3 Å². The van der Waals surface area contributed by atoms with Gasteiger partial charge in [-0.3, -0.25) is 14.8 Å². The number of fused-ring (bicyclic) bond motifs is 2. The number of H-pyrrole nitrogens is 1. The number of nitrogens with one attached hydrogen (secondary N) is 1. The number of piperazine rings is 1. The normalized spacial score (nSPS) is 19.6. The monoisotopic (exact) mass is 473 g/mol. The Kier molecular flexibility index (Phi) is 5.98. The molecule has 3 aromatic rings. The minimum atomic E-state index is -0.116. The van der Waals surface area contributed by atoms with Crippen molar-refractivity contribution < 1.29 is 9.90 Å². The van der Waals surface area contributed by atoms with E-state index >= 15 is 0 Å². The third kappa shape index (κ3) is 4.55. The first kappa shape index (κ1) is 22.6. The highest BCUT2D eigenvalue weighted by Gasteiger charge is 2.28. The van der Waals surface area contributed by atoms with Crippen molar-refractivity contribution in [3.8, 4) is 5.75 Å². The van der Waals surface area contributed by atoms with Gasteiger partial charge in [-0.15, -0.1) is 0 Å². The van der Waals surface area contributed by atoms with Gasteiger partial charge in [0.2, 0.25) is 0 Å². The van der Waals surface area contributed by atoms with Crippen molar-refractivity contribution in [2.75, 3.05) is 33.2 Å². The zero-order chi connectivity index (χ0) is 23.9. The summed E-state index contributed by atoms with van der Waals surface area (Å²) in [5.74, 6) is 0.571. The van der Waals surface area contributed by atoms with E-state index in [1.165, 1.54) is 42.4 Å². The summed E-state index contributed by atoms with van der Waals surface area (Å²) in [5.41, 5.74) is 5.91. The molecule has 0 bridgehead atoms. The molecular formula is C28H35N5O2. The highest BCUT2D eigenvalue weighted by atomic mass is 16.3. The van der Waals surface area contributed by atoms with E-state index in [1.807, 2.05) is 11.0 Å². The highest BCUT2D eigenvalue weighted by molar-refractivity contribution is 6.01. The lowest BCUT2D eigenvalue weighted by Crippen LogP contribution is -2.43. The van der Waals surface area contributed by atoms with Crippen LogP contribution >= 0.6 is 0 Å². The molecule has 2 fully saturated rings. The maximum absolute atomic E-state index is 13.5. The van der Waals surface area contributed by atoms with Crippen molar-refractivity contribution >= 4 is 16.8 Å². The van der Waals surface area contributed by atoms with E-state index in [-0.39, 0.29) is 11.7 Å². The lowest BCUT2D eigenvalue weighted by molar-refractivity contribution is 0.0748. The number of aromatic amines is 1. The number of carbonyl (C=O) groups excluding carboxylic acids is 1. The number of aromatic hydroxyl groups is 1. The van der Waals surface area contributed by atoms with Gasteiger partial charge in [0.1, 0.15) is 5.75 Å². The van der Waals surface area contributed by atoms with Crippen LogP contribution in [-0.4, -0.2) is 69.1 Å². The number of rotatable bonds is 5. The van der Waals surface area contributed by atoms with Gasteiger partial charge >= 0.3 is 0 Å². The molecule has 1 amide bonds. The first-order chi connectivity index (χ1) is 17.0. The van der Waals surface area contributed by atoms with Crippen LogP contribution in [0.15, 0.2) is 30.3 Å². The third-order valence-electron chi connectivity index (χ3n) is 8.23. The Hall–Kier alpha value is -2.90. The van der Waals surface area contributed by atoms with Crippen LogP contribution in [-0.2, 0) is 26.1 Å². The Bertz CT molecular complexity index is 1240. The van der Waals surface area contributed by atoms with Crippen LogP contribution in [0.5, 0.6) is 5.75 Å². The average molecular weight is 474 g/mol. The standard InChI is InChI=1S/C28H35N5O2/c1-31-8-10-32(11-9-31)16-20-6-7-21-17-33(18-22(21)12-20)28(35)24-14-23-25(13-19-4-2-3-5-19)29-30-26(23)15-27(24)34/h6-7,12,14-15,19,34H,2-5,8-11,13,16-18H2,1H3,(H,29,30). The molecule has 0 radical (unpaired) electrons. The van der Waals surface area contributed by atoms with Crippen LogP contribution in [0, 0.1) is 5.92 Å². The summed E-state index contributed by atoms with van der Waals surface area (Å²) in [6, 6.07) is 10.1. The van der Waals surface area contributed by atoms with E-state index in [4.69, 9.17) is 0 Å². The Balaban J connectivity index is 1.18. The minimum Gasteiger partial charge on any atom is -0.507 e.